The molecule has 83 heavy (non-hydrogen) atoms. The second-order valence-electron chi connectivity index (χ2n) is 23.4. The zero-order valence-electron chi connectivity index (χ0n) is 54.7. The first kappa shape index (κ1) is 79.1. The first-order chi connectivity index (χ1) is 41.0. The van der Waals surface area contributed by atoms with E-state index >= 15 is 0 Å². The maximum absolute atomic E-state index is 13.0. The van der Waals surface area contributed by atoms with Crippen LogP contribution in [0.3, 0.4) is 0 Å². The highest BCUT2D eigenvalue weighted by Crippen LogP contribution is 2.17. The lowest BCUT2D eigenvalue weighted by Crippen LogP contribution is -2.30. The van der Waals surface area contributed by atoms with Crippen LogP contribution in [0.25, 0.3) is 0 Å². The Morgan fingerprint density at radius 2 is 0.470 bits per heavy atom. The van der Waals surface area contributed by atoms with Crippen LogP contribution in [-0.2, 0) is 28.6 Å². The maximum atomic E-state index is 13.0. The van der Waals surface area contributed by atoms with E-state index in [4.69, 9.17) is 14.2 Å². The molecule has 476 valence electrons. The molecule has 6 nitrogen and oxygen atoms in total. The van der Waals surface area contributed by atoms with Gasteiger partial charge in [-0.2, -0.15) is 0 Å². The third-order valence-corrected chi connectivity index (χ3v) is 15.2. The van der Waals surface area contributed by atoms with Crippen LogP contribution in [0.4, 0.5) is 0 Å². The van der Waals surface area contributed by atoms with Crippen molar-refractivity contribution in [1.82, 2.24) is 0 Å². The topological polar surface area (TPSA) is 78.9 Å². The van der Waals surface area contributed by atoms with E-state index in [0.29, 0.717) is 19.3 Å². The van der Waals surface area contributed by atoms with Crippen LogP contribution in [0, 0.1) is 0 Å². The third-order valence-electron chi connectivity index (χ3n) is 15.2. The molecule has 0 fully saturated rings. The predicted molar refractivity (Wildman–Crippen MR) is 362 cm³/mol. The van der Waals surface area contributed by atoms with Crippen molar-refractivity contribution in [3.05, 3.63) is 109 Å². The van der Waals surface area contributed by atoms with Gasteiger partial charge in [-0.05, 0) is 128 Å². The number of carbonyl (C=O) groups excluding carboxylic acids is 3. The summed E-state index contributed by atoms with van der Waals surface area (Å²) in [6.45, 7) is 6.52. The van der Waals surface area contributed by atoms with E-state index in [-0.39, 0.29) is 31.1 Å². The van der Waals surface area contributed by atoms with Crippen LogP contribution in [-0.4, -0.2) is 37.2 Å². The Balaban J connectivity index is 4.41. The van der Waals surface area contributed by atoms with Gasteiger partial charge in [-0.15, -0.1) is 0 Å². The van der Waals surface area contributed by atoms with Crippen LogP contribution in [0.2, 0.25) is 0 Å². The van der Waals surface area contributed by atoms with Crippen molar-refractivity contribution in [2.24, 2.45) is 0 Å². The van der Waals surface area contributed by atoms with Gasteiger partial charge in [0.05, 0.1) is 0 Å². The molecule has 0 amide bonds. The van der Waals surface area contributed by atoms with Crippen LogP contribution >= 0.6 is 0 Å². The molecule has 0 saturated heterocycles. The minimum Gasteiger partial charge on any atom is -0.462 e. The minimum absolute atomic E-state index is 0.0842. The summed E-state index contributed by atoms with van der Waals surface area (Å²) in [7, 11) is 0. The second kappa shape index (κ2) is 70.6. The minimum atomic E-state index is -0.790. The fourth-order valence-corrected chi connectivity index (χ4v) is 9.94. The van der Waals surface area contributed by atoms with Crippen molar-refractivity contribution in [2.75, 3.05) is 13.2 Å². The molecule has 0 N–H and O–H groups in total. The predicted octanol–water partition coefficient (Wildman–Crippen LogP) is 24.6. The Bertz CT molecular complexity index is 1660. The van der Waals surface area contributed by atoms with E-state index in [0.717, 1.165) is 109 Å². The molecule has 0 aromatic carbocycles. The van der Waals surface area contributed by atoms with Gasteiger partial charge in [-0.1, -0.05) is 304 Å². The molecule has 0 aliphatic carbocycles. The van der Waals surface area contributed by atoms with Gasteiger partial charge in [0, 0.05) is 19.3 Å². The molecule has 6 heteroatoms. The summed E-state index contributed by atoms with van der Waals surface area (Å²) < 4.78 is 17.0. The summed E-state index contributed by atoms with van der Waals surface area (Å²) in [5.74, 6) is -0.886. The molecule has 0 heterocycles. The summed E-state index contributed by atoms with van der Waals surface area (Å²) in [5.41, 5.74) is 0. The first-order valence-corrected chi connectivity index (χ1v) is 35.4. The highest BCUT2D eigenvalue weighted by Gasteiger charge is 2.19. The zero-order valence-corrected chi connectivity index (χ0v) is 54.7. The smallest absolute Gasteiger partial charge is 0.306 e. The highest BCUT2D eigenvalue weighted by molar-refractivity contribution is 5.71. The molecular weight excluding hydrogens is 1020 g/mol. The van der Waals surface area contributed by atoms with Gasteiger partial charge < -0.3 is 14.2 Å². The molecular formula is C77H132O6. The molecule has 0 aromatic heterocycles. The van der Waals surface area contributed by atoms with Crippen molar-refractivity contribution < 1.29 is 28.6 Å². The molecule has 0 spiro atoms. The van der Waals surface area contributed by atoms with Crippen molar-refractivity contribution in [3.63, 3.8) is 0 Å². The van der Waals surface area contributed by atoms with Crippen LogP contribution in [0.5, 0.6) is 0 Å². The van der Waals surface area contributed by atoms with E-state index in [2.05, 4.69) is 130 Å². The Morgan fingerprint density at radius 1 is 0.253 bits per heavy atom. The van der Waals surface area contributed by atoms with Gasteiger partial charge in [-0.3, -0.25) is 14.4 Å². The number of esters is 3. The summed E-state index contributed by atoms with van der Waals surface area (Å²) in [5, 5.41) is 0. The van der Waals surface area contributed by atoms with E-state index in [1.165, 1.54) is 193 Å². The second-order valence-corrected chi connectivity index (χ2v) is 23.4. The van der Waals surface area contributed by atoms with Gasteiger partial charge >= 0.3 is 17.9 Å². The summed E-state index contributed by atoms with van der Waals surface area (Å²) in [6, 6.07) is 0. The average Bonchev–Trinajstić information content (AvgIpc) is 3.49. The molecule has 1 unspecified atom stereocenters. The molecule has 1 atom stereocenters. The van der Waals surface area contributed by atoms with Gasteiger partial charge in [0.1, 0.15) is 13.2 Å². The number of carbonyl (C=O) groups is 3. The number of ether oxygens (including phenoxy) is 3. The van der Waals surface area contributed by atoms with Crippen molar-refractivity contribution >= 4 is 17.9 Å². The molecule has 0 aliphatic heterocycles. The van der Waals surface area contributed by atoms with E-state index in [1.54, 1.807) is 0 Å². The highest BCUT2D eigenvalue weighted by atomic mass is 16.6. The number of rotatable bonds is 64. The molecule has 0 bridgehead atoms. The fourth-order valence-electron chi connectivity index (χ4n) is 9.94. The van der Waals surface area contributed by atoms with Crippen molar-refractivity contribution in [2.45, 2.75) is 348 Å². The number of hydrogen-bond donors (Lipinski definition) is 0. The van der Waals surface area contributed by atoms with Gasteiger partial charge in [0.25, 0.3) is 0 Å². The monoisotopic (exact) mass is 1150 g/mol. The van der Waals surface area contributed by atoms with Crippen molar-refractivity contribution in [3.8, 4) is 0 Å². The molecule has 0 radical (unpaired) electrons. The Morgan fingerprint density at radius 3 is 0.759 bits per heavy atom. The van der Waals surface area contributed by atoms with Crippen LogP contribution in [0.15, 0.2) is 109 Å². The zero-order chi connectivity index (χ0) is 59.9. The maximum Gasteiger partial charge on any atom is 0.306 e. The lowest BCUT2D eigenvalue weighted by molar-refractivity contribution is -0.167. The standard InChI is InChI=1S/C77H132O6/c1-4-7-10-13-16-19-22-25-28-31-34-36-38-40-43-46-49-52-55-58-61-64-67-70-76(79)82-73-74(72-81-75(78)69-66-63-60-57-54-51-48-45-42-33-30-27-24-21-18-15-12-9-6-3)83-77(80)71-68-65-62-59-56-53-50-47-44-41-39-37-35-32-29-26-23-20-17-14-11-8-5-2/h7,10,16,18-19,21,23,25-28,30,32,34-36,39,41,74H,4-6,8-9,11-15,17,20,22,24,29,31,33,37-38,40,42-73H2,1-3H3/b10-7-,19-16-,21-18-,26-23-,28-25-,30-27-,35-32-,36-34-,41-39-. The average molecular weight is 1150 g/mol. The largest absolute Gasteiger partial charge is 0.462 e. The van der Waals surface area contributed by atoms with Crippen LogP contribution in [0.1, 0.15) is 342 Å². The van der Waals surface area contributed by atoms with Gasteiger partial charge in [0.15, 0.2) is 6.10 Å². The van der Waals surface area contributed by atoms with Crippen LogP contribution < -0.4 is 0 Å². The number of hydrogen-bond acceptors (Lipinski definition) is 6. The van der Waals surface area contributed by atoms with Crippen molar-refractivity contribution in [1.29, 1.82) is 0 Å². The van der Waals surface area contributed by atoms with E-state index < -0.39 is 6.10 Å². The van der Waals surface area contributed by atoms with E-state index in [9.17, 15) is 14.4 Å². The Hall–Kier alpha value is -3.93. The lowest BCUT2D eigenvalue weighted by atomic mass is 10.1. The summed E-state index contributed by atoms with van der Waals surface area (Å²) >= 11 is 0. The fraction of sp³-hybridized carbons (Fsp3) is 0.727. The normalized spacial score (nSPS) is 12.8. The van der Waals surface area contributed by atoms with Gasteiger partial charge in [0.2, 0.25) is 0 Å². The van der Waals surface area contributed by atoms with Gasteiger partial charge in [-0.25, -0.2) is 0 Å². The third kappa shape index (κ3) is 68.7. The molecule has 0 aliphatic rings. The lowest BCUT2D eigenvalue weighted by Gasteiger charge is -2.18. The SMILES string of the molecule is CC/C=C\C/C=C\C/C=C\C/C=C\CCCCCCCCCCCCC(=O)OCC(COC(=O)CCCCCCCCCCC/C=C\C/C=C\CCCCC)OC(=O)CCCCCCCCCC/C=C\C/C=C\C/C=C\CCCCCCC. The molecule has 0 rings (SSSR count). The number of allylic oxidation sites excluding steroid dienone is 18. The Kier molecular flexibility index (Phi) is 67.2. The molecule has 0 aromatic rings. The summed E-state index contributed by atoms with van der Waals surface area (Å²) in [4.78, 5) is 38.5. The number of unbranched alkanes of at least 4 members (excludes halogenated alkanes) is 35. The quantitative estimate of drug-likeness (QED) is 0.0261. The van der Waals surface area contributed by atoms with E-state index in [1.807, 2.05) is 0 Å². The molecule has 0 saturated carbocycles. The summed E-state index contributed by atoms with van der Waals surface area (Å²) in [6.07, 6.45) is 96.7. The first-order valence-electron chi connectivity index (χ1n) is 35.4. The Labute approximate surface area is 514 Å².